The Kier molecular flexibility index (Phi) is 6.29. The molecule has 1 unspecified atom stereocenters. The fourth-order valence-corrected chi connectivity index (χ4v) is 2.34. The van der Waals surface area contributed by atoms with Crippen molar-refractivity contribution in [1.29, 1.82) is 0 Å². The number of ether oxygens (including phenoxy) is 1. The van der Waals surface area contributed by atoms with Crippen molar-refractivity contribution in [2.75, 3.05) is 19.7 Å². The fourth-order valence-electron chi connectivity index (χ4n) is 2.34. The summed E-state index contributed by atoms with van der Waals surface area (Å²) in [6.07, 6.45) is 1.15. The van der Waals surface area contributed by atoms with Crippen LogP contribution in [0, 0.1) is 6.92 Å². The number of aryl methyl sites for hydroxylation is 1. The van der Waals surface area contributed by atoms with Crippen LogP contribution in [-0.2, 0) is 0 Å². The van der Waals surface area contributed by atoms with E-state index in [-0.39, 0.29) is 0 Å². The molecule has 0 saturated carbocycles. The van der Waals surface area contributed by atoms with Gasteiger partial charge in [-0.1, -0.05) is 49.4 Å². The Hall–Kier alpha value is -1.80. The van der Waals surface area contributed by atoms with Gasteiger partial charge < -0.3 is 10.1 Å². The van der Waals surface area contributed by atoms with Crippen molar-refractivity contribution in [1.82, 2.24) is 5.32 Å². The van der Waals surface area contributed by atoms with Gasteiger partial charge in [0, 0.05) is 6.54 Å². The largest absolute Gasteiger partial charge is 0.492 e. The minimum absolute atomic E-state index is 0.594. The van der Waals surface area contributed by atoms with Crippen molar-refractivity contribution in [3.05, 3.63) is 65.7 Å². The van der Waals surface area contributed by atoms with Crippen LogP contribution in [0.2, 0.25) is 0 Å². The summed E-state index contributed by atoms with van der Waals surface area (Å²) in [6, 6.07) is 18.9. The quantitative estimate of drug-likeness (QED) is 0.735. The molecule has 0 aliphatic carbocycles. The van der Waals surface area contributed by atoms with E-state index in [2.05, 4.69) is 61.6 Å². The van der Waals surface area contributed by atoms with Crippen molar-refractivity contribution in [2.45, 2.75) is 26.2 Å². The number of hydrogen-bond donors (Lipinski definition) is 1. The molecule has 0 aromatic heterocycles. The van der Waals surface area contributed by atoms with E-state index in [1.807, 2.05) is 12.1 Å². The van der Waals surface area contributed by atoms with E-state index in [0.717, 1.165) is 25.3 Å². The van der Waals surface area contributed by atoms with E-state index < -0.39 is 0 Å². The molecule has 0 saturated heterocycles. The summed E-state index contributed by atoms with van der Waals surface area (Å²) in [5, 5.41) is 3.45. The third-order valence-corrected chi connectivity index (χ3v) is 3.66. The predicted molar refractivity (Wildman–Crippen MR) is 89.0 cm³/mol. The third-order valence-electron chi connectivity index (χ3n) is 3.66. The summed E-state index contributed by atoms with van der Waals surface area (Å²) in [4.78, 5) is 0. The van der Waals surface area contributed by atoms with Crippen LogP contribution in [0.3, 0.4) is 0 Å². The second kappa shape index (κ2) is 8.48. The van der Waals surface area contributed by atoms with Crippen molar-refractivity contribution in [2.24, 2.45) is 0 Å². The zero-order chi connectivity index (χ0) is 14.9. The van der Waals surface area contributed by atoms with Gasteiger partial charge in [0.2, 0.25) is 0 Å². The molecule has 112 valence electrons. The molecule has 0 spiro atoms. The highest BCUT2D eigenvalue weighted by molar-refractivity contribution is 5.27. The Labute approximate surface area is 128 Å². The SMILES string of the molecule is Cc1cccc(OCCNCCC(C)c2ccccc2)c1. The number of nitrogens with one attached hydrogen (secondary N) is 1. The average Bonchev–Trinajstić information content (AvgIpc) is 2.51. The molecule has 0 bridgehead atoms. The summed E-state index contributed by atoms with van der Waals surface area (Å²) >= 11 is 0. The first kappa shape index (κ1) is 15.6. The van der Waals surface area contributed by atoms with Crippen LogP contribution in [0.5, 0.6) is 5.75 Å². The van der Waals surface area contributed by atoms with Gasteiger partial charge in [0.25, 0.3) is 0 Å². The standard InChI is InChI=1S/C19H25NO/c1-16-7-6-10-19(15-16)21-14-13-20-12-11-17(2)18-8-4-3-5-9-18/h3-10,15,17,20H,11-14H2,1-2H3. The molecule has 2 nitrogen and oxygen atoms in total. The summed E-state index contributed by atoms with van der Waals surface area (Å²) in [5.74, 6) is 1.55. The highest BCUT2D eigenvalue weighted by Gasteiger charge is 2.03. The van der Waals surface area contributed by atoms with E-state index in [4.69, 9.17) is 4.74 Å². The molecule has 0 aliphatic heterocycles. The molecule has 1 N–H and O–H groups in total. The zero-order valence-corrected chi connectivity index (χ0v) is 13.0. The zero-order valence-electron chi connectivity index (χ0n) is 13.0. The molecule has 21 heavy (non-hydrogen) atoms. The van der Waals surface area contributed by atoms with E-state index in [1.54, 1.807) is 0 Å². The minimum atomic E-state index is 0.594. The summed E-state index contributed by atoms with van der Waals surface area (Å²) in [5.41, 5.74) is 2.65. The molecule has 2 aromatic carbocycles. The lowest BCUT2D eigenvalue weighted by Gasteiger charge is -2.12. The Morgan fingerprint density at radius 2 is 1.81 bits per heavy atom. The predicted octanol–water partition coefficient (Wildman–Crippen LogP) is 4.16. The summed E-state index contributed by atoms with van der Waals surface area (Å²) in [6.45, 7) is 6.97. The highest BCUT2D eigenvalue weighted by atomic mass is 16.5. The van der Waals surface area contributed by atoms with E-state index in [0.29, 0.717) is 12.5 Å². The normalized spacial score (nSPS) is 12.1. The smallest absolute Gasteiger partial charge is 0.119 e. The van der Waals surface area contributed by atoms with E-state index >= 15 is 0 Å². The van der Waals surface area contributed by atoms with Gasteiger partial charge in [-0.2, -0.15) is 0 Å². The van der Waals surface area contributed by atoms with E-state index in [9.17, 15) is 0 Å². The lowest BCUT2D eigenvalue weighted by Crippen LogP contribution is -2.23. The first-order valence-corrected chi connectivity index (χ1v) is 7.71. The van der Waals surface area contributed by atoms with Crippen molar-refractivity contribution < 1.29 is 4.74 Å². The van der Waals surface area contributed by atoms with Gasteiger partial charge in [-0.25, -0.2) is 0 Å². The molecular formula is C19H25NO. The number of benzene rings is 2. The molecule has 1 atom stereocenters. The van der Waals surface area contributed by atoms with Crippen LogP contribution in [0.15, 0.2) is 54.6 Å². The van der Waals surface area contributed by atoms with Crippen LogP contribution in [0.25, 0.3) is 0 Å². The molecule has 2 heteroatoms. The summed E-state index contributed by atoms with van der Waals surface area (Å²) in [7, 11) is 0. The molecule has 0 radical (unpaired) electrons. The van der Waals surface area contributed by atoms with Crippen LogP contribution >= 0.6 is 0 Å². The second-order valence-corrected chi connectivity index (χ2v) is 5.52. The van der Waals surface area contributed by atoms with Gasteiger partial charge in [-0.05, 0) is 49.1 Å². The van der Waals surface area contributed by atoms with Crippen LogP contribution in [0.4, 0.5) is 0 Å². The Bertz CT molecular complexity index is 524. The Balaban J connectivity index is 1.58. The first-order chi connectivity index (χ1) is 10.3. The molecule has 0 heterocycles. The Morgan fingerprint density at radius 1 is 1.00 bits per heavy atom. The fraction of sp³-hybridized carbons (Fsp3) is 0.368. The van der Waals surface area contributed by atoms with Crippen molar-refractivity contribution in [3.63, 3.8) is 0 Å². The Morgan fingerprint density at radius 3 is 2.57 bits per heavy atom. The maximum absolute atomic E-state index is 5.72. The topological polar surface area (TPSA) is 21.3 Å². The third kappa shape index (κ3) is 5.60. The molecule has 0 amide bonds. The minimum Gasteiger partial charge on any atom is -0.492 e. The van der Waals surface area contributed by atoms with Crippen LogP contribution in [0.1, 0.15) is 30.4 Å². The molecular weight excluding hydrogens is 258 g/mol. The van der Waals surface area contributed by atoms with Gasteiger partial charge in [0.05, 0.1) is 0 Å². The monoisotopic (exact) mass is 283 g/mol. The van der Waals surface area contributed by atoms with Crippen LogP contribution in [-0.4, -0.2) is 19.7 Å². The van der Waals surface area contributed by atoms with Gasteiger partial charge in [-0.15, -0.1) is 0 Å². The van der Waals surface area contributed by atoms with Crippen molar-refractivity contribution >= 4 is 0 Å². The number of hydrogen-bond acceptors (Lipinski definition) is 2. The summed E-state index contributed by atoms with van der Waals surface area (Å²) < 4.78 is 5.72. The van der Waals surface area contributed by atoms with Gasteiger partial charge in [0.1, 0.15) is 12.4 Å². The van der Waals surface area contributed by atoms with E-state index in [1.165, 1.54) is 11.1 Å². The lowest BCUT2D eigenvalue weighted by atomic mass is 9.98. The highest BCUT2D eigenvalue weighted by Crippen LogP contribution is 2.17. The first-order valence-electron chi connectivity index (χ1n) is 7.71. The van der Waals surface area contributed by atoms with Crippen molar-refractivity contribution in [3.8, 4) is 5.75 Å². The van der Waals surface area contributed by atoms with Gasteiger partial charge in [0.15, 0.2) is 0 Å². The lowest BCUT2D eigenvalue weighted by molar-refractivity contribution is 0.313. The van der Waals surface area contributed by atoms with Gasteiger partial charge >= 0.3 is 0 Å². The maximum Gasteiger partial charge on any atom is 0.119 e. The van der Waals surface area contributed by atoms with Gasteiger partial charge in [-0.3, -0.25) is 0 Å². The molecule has 0 aliphatic rings. The maximum atomic E-state index is 5.72. The number of rotatable bonds is 8. The molecule has 2 rings (SSSR count). The average molecular weight is 283 g/mol. The molecule has 0 fully saturated rings. The molecule has 2 aromatic rings. The van der Waals surface area contributed by atoms with Crippen LogP contribution < -0.4 is 10.1 Å². The second-order valence-electron chi connectivity index (χ2n) is 5.52.